The quantitative estimate of drug-likeness (QED) is 0.872. The zero-order chi connectivity index (χ0) is 13.3. The van der Waals surface area contributed by atoms with Crippen LogP contribution < -0.4 is 5.32 Å². The van der Waals surface area contributed by atoms with Crippen LogP contribution >= 0.6 is 11.3 Å². The van der Waals surface area contributed by atoms with Crippen LogP contribution in [0.4, 0.5) is 0 Å². The maximum atomic E-state index is 9.14. The van der Waals surface area contributed by atoms with Crippen molar-refractivity contribution >= 4 is 16.3 Å². The molecule has 5 heteroatoms. The summed E-state index contributed by atoms with van der Waals surface area (Å²) in [6, 6.07) is 0.291. The second-order valence-corrected chi connectivity index (χ2v) is 6.18. The molecule has 0 amide bonds. The number of thiazole rings is 1. The Kier molecular flexibility index (Phi) is 4.04. The summed E-state index contributed by atoms with van der Waals surface area (Å²) in [5, 5.41) is 12.6. The molecule has 2 rings (SSSR count). The number of nitrogens with one attached hydrogen (secondary N) is 1. The van der Waals surface area contributed by atoms with E-state index < -0.39 is 0 Å². The largest absolute Gasteiger partial charge is 0.396 e. The molecule has 100 valence electrons. The molecule has 0 radical (unpaired) electrons. The van der Waals surface area contributed by atoms with E-state index >= 15 is 0 Å². The lowest BCUT2D eigenvalue weighted by Crippen LogP contribution is -2.33. The predicted molar refractivity (Wildman–Crippen MR) is 75.1 cm³/mol. The third kappa shape index (κ3) is 2.58. The van der Waals surface area contributed by atoms with Gasteiger partial charge in [0.2, 0.25) is 0 Å². The number of aromatic nitrogens is 2. The first-order chi connectivity index (χ1) is 8.52. The molecule has 0 bridgehead atoms. The molecule has 2 aromatic heterocycles. The summed E-state index contributed by atoms with van der Waals surface area (Å²) < 4.78 is 2.17. The van der Waals surface area contributed by atoms with E-state index in [0.717, 1.165) is 17.2 Å². The molecule has 0 saturated carbocycles. The molecule has 0 fully saturated rings. The number of hydrogen-bond acceptors (Lipinski definition) is 4. The number of aryl methyl sites for hydroxylation is 2. The van der Waals surface area contributed by atoms with E-state index in [1.165, 1.54) is 10.6 Å². The Balaban J connectivity index is 2.13. The van der Waals surface area contributed by atoms with Gasteiger partial charge in [0.1, 0.15) is 0 Å². The fraction of sp³-hybridized carbons (Fsp3) is 0.615. The van der Waals surface area contributed by atoms with E-state index in [0.29, 0.717) is 6.04 Å². The van der Waals surface area contributed by atoms with Crippen molar-refractivity contribution in [2.45, 2.75) is 40.3 Å². The second-order valence-electron chi connectivity index (χ2n) is 4.97. The number of imidazole rings is 1. The van der Waals surface area contributed by atoms with Crippen LogP contribution in [-0.4, -0.2) is 27.1 Å². The van der Waals surface area contributed by atoms with Crippen LogP contribution in [0.5, 0.6) is 0 Å². The minimum atomic E-state index is 0.215. The highest BCUT2D eigenvalue weighted by atomic mass is 32.1. The predicted octanol–water partition coefficient (Wildman–Crippen LogP) is 2.12. The fourth-order valence-corrected chi connectivity index (χ4v) is 2.83. The van der Waals surface area contributed by atoms with E-state index in [9.17, 15) is 0 Å². The van der Waals surface area contributed by atoms with Crippen molar-refractivity contribution in [2.75, 3.05) is 6.61 Å². The summed E-state index contributed by atoms with van der Waals surface area (Å²) in [5.74, 6) is 0.262. The normalized spacial score (nSPS) is 15.2. The first-order valence-corrected chi connectivity index (χ1v) is 7.12. The maximum absolute atomic E-state index is 9.14. The first kappa shape index (κ1) is 13.5. The number of rotatable bonds is 5. The molecule has 2 unspecified atom stereocenters. The van der Waals surface area contributed by atoms with Crippen LogP contribution in [0.15, 0.2) is 6.20 Å². The van der Waals surface area contributed by atoms with E-state index in [-0.39, 0.29) is 12.5 Å². The number of aliphatic hydroxyl groups is 1. The molecule has 2 aromatic rings. The SMILES string of the molecule is Cc1cn2c(CNC(C)C(C)CO)c(C)nc2s1. The van der Waals surface area contributed by atoms with Crippen molar-refractivity contribution in [2.24, 2.45) is 5.92 Å². The molecule has 2 N–H and O–H groups in total. The monoisotopic (exact) mass is 267 g/mol. The fourth-order valence-electron chi connectivity index (χ4n) is 1.94. The standard InChI is InChI=1S/C13H21N3OS/c1-8(7-17)10(3)14-5-12-11(4)15-13-16(12)6-9(2)18-13/h6,8,10,14,17H,5,7H2,1-4H3. The number of hydrogen-bond donors (Lipinski definition) is 2. The summed E-state index contributed by atoms with van der Waals surface area (Å²) >= 11 is 1.72. The highest BCUT2D eigenvalue weighted by Crippen LogP contribution is 2.20. The van der Waals surface area contributed by atoms with Crippen LogP contribution in [0.25, 0.3) is 4.96 Å². The Morgan fingerprint density at radius 3 is 2.83 bits per heavy atom. The lowest BCUT2D eigenvalue weighted by Gasteiger charge is -2.19. The maximum Gasteiger partial charge on any atom is 0.194 e. The van der Waals surface area contributed by atoms with Gasteiger partial charge < -0.3 is 10.4 Å². The van der Waals surface area contributed by atoms with Gasteiger partial charge in [0.15, 0.2) is 4.96 Å². The summed E-state index contributed by atoms with van der Waals surface area (Å²) in [4.78, 5) is 6.90. The smallest absolute Gasteiger partial charge is 0.194 e. The van der Waals surface area contributed by atoms with Crippen LogP contribution in [0, 0.1) is 19.8 Å². The number of nitrogens with zero attached hydrogens (tertiary/aromatic N) is 2. The molecule has 4 nitrogen and oxygen atoms in total. The third-order valence-electron chi connectivity index (χ3n) is 3.47. The van der Waals surface area contributed by atoms with E-state index in [2.05, 4.69) is 34.7 Å². The Labute approximate surface area is 112 Å². The lowest BCUT2D eigenvalue weighted by atomic mass is 10.1. The number of fused-ring (bicyclic) bond motifs is 1. The summed E-state index contributed by atoms with van der Waals surface area (Å²) in [7, 11) is 0. The van der Waals surface area contributed by atoms with Crippen molar-refractivity contribution < 1.29 is 5.11 Å². The molecule has 0 aliphatic rings. The highest BCUT2D eigenvalue weighted by Gasteiger charge is 2.14. The van der Waals surface area contributed by atoms with Crippen molar-refractivity contribution in [1.82, 2.24) is 14.7 Å². The molecule has 2 heterocycles. The van der Waals surface area contributed by atoms with Gasteiger partial charge in [-0.15, -0.1) is 11.3 Å². The van der Waals surface area contributed by atoms with Crippen LogP contribution in [-0.2, 0) is 6.54 Å². The van der Waals surface area contributed by atoms with Crippen molar-refractivity contribution in [3.8, 4) is 0 Å². The zero-order valence-electron chi connectivity index (χ0n) is 11.4. The average Bonchev–Trinajstić information content (AvgIpc) is 2.80. The van der Waals surface area contributed by atoms with E-state index in [4.69, 9.17) is 5.11 Å². The molecule has 0 aliphatic heterocycles. The highest BCUT2D eigenvalue weighted by molar-refractivity contribution is 7.17. The Bertz CT molecular complexity index is 532. The zero-order valence-corrected chi connectivity index (χ0v) is 12.2. The van der Waals surface area contributed by atoms with Gasteiger partial charge >= 0.3 is 0 Å². The molecule has 0 saturated heterocycles. The number of aliphatic hydroxyl groups excluding tert-OH is 1. The Hall–Kier alpha value is -0.910. The summed E-state index contributed by atoms with van der Waals surface area (Å²) in [6.45, 7) is 9.30. The average molecular weight is 267 g/mol. The molecular weight excluding hydrogens is 246 g/mol. The Morgan fingerprint density at radius 1 is 1.44 bits per heavy atom. The van der Waals surface area contributed by atoms with Crippen molar-refractivity contribution in [3.05, 3.63) is 22.5 Å². The lowest BCUT2D eigenvalue weighted by molar-refractivity contribution is 0.206. The van der Waals surface area contributed by atoms with Crippen LogP contribution in [0.1, 0.15) is 30.1 Å². The third-order valence-corrected chi connectivity index (χ3v) is 4.37. The molecule has 0 aromatic carbocycles. The molecule has 2 atom stereocenters. The molecular formula is C13H21N3OS. The van der Waals surface area contributed by atoms with E-state index in [1.54, 1.807) is 11.3 Å². The summed E-state index contributed by atoms with van der Waals surface area (Å²) in [5.41, 5.74) is 2.30. The van der Waals surface area contributed by atoms with Gasteiger partial charge in [-0.1, -0.05) is 6.92 Å². The molecule has 18 heavy (non-hydrogen) atoms. The van der Waals surface area contributed by atoms with Gasteiger partial charge in [-0.2, -0.15) is 0 Å². The molecule has 0 aliphatic carbocycles. The first-order valence-electron chi connectivity index (χ1n) is 6.31. The van der Waals surface area contributed by atoms with Crippen LogP contribution in [0.3, 0.4) is 0 Å². The minimum Gasteiger partial charge on any atom is -0.396 e. The van der Waals surface area contributed by atoms with Gasteiger partial charge in [0.25, 0.3) is 0 Å². The Morgan fingerprint density at radius 2 is 2.17 bits per heavy atom. The van der Waals surface area contributed by atoms with Gasteiger partial charge in [-0.05, 0) is 26.7 Å². The van der Waals surface area contributed by atoms with Gasteiger partial charge in [0.05, 0.1) is 11.4 Å². The van der Waals surface area contributed by atoms with Crippen LogP contribution in [0.2, 0.25) is 0 Å². The van der Waals surface area contributed by atoms with Gasteiger partial charge in [0, 0.05) is 30.3 Å². The van der Waals surface area contributed by atoms with Crippen molar-refractivity contribution in [3.63, 3.8) is 0 Å². The van der Waals surface area contributed by atoms with Gasteiger partial charge in [-0.25, -0.2) is 4.98 Å². The van der Waals surface area contributed by atoms with Crippen molar-refractivity contribution in [1.29, 1.82) is 0 Å². The topological polar surface area (TPSA) is 49.6 Å². The minimum absolute atomic E-state index is 0.215. The van der Waals surface area contributed by atoms with E-state index in [1.807, 2.05) is 13.8 Å². The second kappa shape index (κ2) is 5.38. The molecule has 0 spiro atoms. The van der Waals surface area contributed by atoms with Gasteiger partial charge in [-0.3, -0.25) is 4.40 Å². The summed E-state index contributed by atoms with van der Waals surface area (Å²) in [6.07, 6.45) is 2.14.